The van der Waals surface area contributed by atoms with E-state index in [1.54, 1.807) is 0 Å². The van der Waals surface area contributed by atoms with Crippen LogP contribution in [0.25, 0.3) is 0 Å². The van der Waals surface area contributed by atoms with Crippen LogP contribution in [-0.2, 0) is 11.2 Å². The van der Waals surface area contributed by atoms with Crippen molar-refractivity contribution in [3.05, 3.63) is 23.8 Å². The third-order valence-electron chi connectivity index (χ3n) is 1.90. The van der Waals surface area contributed by atoms with Gasteiger partial charge in [0.1, 0.15) is 5.75 Å². The lowest BCUT2D eigenvalue weighted by Crippen LogP contribution is -2.05. The first-order chi connectivity index (χ1) is 7.17. The molecule has 2 nitrogen and oxygen atoms in total. The van der Waals surface area contributed by atoms with Crippen LogP contribution in [0.3, 0.4) is 0 Å². The molecule has 82 valence electrons. The zero-order chi connectivity index (χ0) is 11.3. The molecule has 0 saturated heterocycles. The van der Waals surface area contributed by atoms with Crippen LogP contribution < -0.4 is 4.74 Å². The third-order valence-corrected chi connectivity index (χ3v) is 2.63. The van der Waals surface area contributed by atoms with Crippen molar-refractivity contribution in [1.29, 1.82) is 0 Å². The fourth-order valence-electron chi connectivity index (χ4n) is 1.22. The molecule has 0 bridgehead atoms. The highest BCUT2D eigenvalue weighted by atomic mass is 35.5. The minimum atomic E-state index is -0.0133. The van der Waals surface area contributed by atoms with E-state index in [0.717, 1.165) is 16.2 Å². The van der Waals surface area contributed by atoms with Gasteiger partial charge < -0.3 is 4.74 Å². The molecule has 1 aromatic carbocycles. The number of hydrogen-bond donors (Lipinski definition) is 1. The standard InChI is InChI=1S/C11H13ClO2S/c1-2-14-10-3-4-11(15)8(6-10)5-9(13)7-12/h3-4,6,15H,2,5,7H2,1H3. The van der Waals surface area contributed by atoms with Gasteiger partial charge in [-0.25, -0.2) is 0 Å². The highest BCUT2D eigenvalue weighted by molar-refractivity contribution is 7.80. The molecular weight excluding hydrogens is 232 g/mol. The van der Waals surface area contributed by atoms with Crippen molar-refractivity contribution in [2.24, 2.45) is 0 Å². The number of carbonyl (C=O) groups is 1. The number of rotatable bonds is 5. The number of thiol groups is 1. The number of ether oxygens (including phenoxy) is 1. The molecule has 1 rings (SSSR count). The molecule has 0 heterocycles. The zero-order valence-corrected chi connectivity index (χ0v) is 10.1. The summed E-state index contributed by atoms with van der Waals surface area (Å²) in [6, 6.07) is 5.49. The number of hydrogen-bond acceptors (Lipinski definition) is 3. The van der Waals surface area contributed by atoms with E-state index in [0.29, 0.717) is 13.0 Å². The maximum Gasteiger partial charge on any atom is 0.151 e. The number of Topliss-reactive ketones (excluding diaryl/α,β-unsaturated/α-hetero) is 1. The van der Waals surface area contributed by atoms with Gasteiger partial charge in [0.15, 0.2) is 5.78 Å². The summed E-state index contributed by atoms with van der Waals surface area (Å²) in [6.45, 7) is 2.52. The Bertz CT molecular complexity index is 352. The first kappa shape index (κ1) is 12.4. The number of halogens is 1. The Hall–Kier alpha value is -0.670. The molecule has 0 aliphatic heterocycles. The molecule has 0 radical (unpaired) electrons. The van der Waals surface area contributed by atoms with Gasteiger partial charge in [0.25, 0.3) is 0 Å². The largest absolute Gasteiger partial charge is 0.494 e. The van der Waals surface area contributed by atoms with Crippen molar-refractivity contribution in [2.75, 3.05) is 12.5 Å². The Morgan fingerprint density at radius 3 is 2.87 bits per heavy atom. The fourth-order valence-corrected chi connectivity index (χ4v) is 1.53. The lowest BCUT2D eigenvalue weighted by Gasteiger charge is -2.07. The van der Waals surface area contributed by atoms with Gasteiger partial charge in [0, 0.05) is 11.3 Å². The summed E-state index contributed by atoms with van der Waals surface area (Å²) < 4.78 is 5.34. The fraction of sp³-hybridized carbons (Fsp3) is 0.364. The molecule has 0 N–H and O–H groups in total. The van der Waals surface area contributed by atoms with E-state index < -0.39 is 0 Å². The number of ketones is 1. The van der Waals surface area contributed by atoms with Crippen LogP contribution in [0.4, 0.5) is 0 Å². The average Bonchev–Trinajstić information content (AvgIpc) is 2.23. The second kappa shape index (κ2) is 6.03. The van der Waals surface area contributed by atoms with Crippen LogP contribution in [0, 0.1) is 0 Å². The number of carbonyl (C=O) groups excluding carboxylic acids is 1. The molecule has 0 unspecified atom stereocenters. The second-order valence-corrected chi connectivity index (χ2v) is 3.82. The molecule has 0 aliphatic carbocycles. The van der Waals surface area contributed by atoms with Gasteiger partial charge in [-0.3, -0.25) is 4.79 Å². The van der Waals surface area contributed by atoms with Crippen molar-refractivity contribution in [2.45, 2.75) is 18.2 Å². The zero-order valence-electron chi connectivity index (χ0n) is 8.50. The van der Waals surface area contributed by atoms with Crippen molar-refractivity contribution in [3.8, 4) is 5.75 Å². The second-order valence-electron chi connectivity index (χ2n) is 3.07. The van der Waals surface area contributed by atoms with Crippen molar-refractivity contribution < 1.29 is 9.53 Å². The summed E-state index contributed by atoms with van der Waals surface area (Å²) in [5, 5.41) is 0. The smallest absolute Gasteiger partial charge is 0.151 e. The summed E-state index contributed by atoms with van der Waals surface area (Å²) in [7, 11) is 0. The minimum Gasteiger partial charge on any atom is -0.494 e. The van der Waals surface area contributed by atoms with Gasteiger partial charge in [0.05, 0.1) is 12.5 Å². The summed E-state index contributed by atoms with van der Waals surface area (Å²) in [4.78, 5) is 12.0. The monoisotopic (exact) mass is 244 g/mol. The van der Waals surface area contributed by atoms with E-state index in [1.165, 1.54) is 0 Å². The summed E-state index contributed by atoms with van der Waals surface area (Å²) in [5.41, 5.74) is 0.856. The Balaban J connectivity index is 2.85. The molecule has 0 aromatic heterocycles. The van der Waals surface area contributed by atoms with Crippen molar-refractivity contribution in [3.63, 3.8) is 0 Å². The van der Waals surface area contributed by atoms with E-state index in [2.05, 4.69) is 12.6 Å². The molecule has 1 aromatic rings. The molecule has 0 saturated carbocycles. The van der Waals surface area contributed by atoms with E-state index >= 15 is 0 Å². The van der Waals surface area contributed by atoms with Gasteiger partial charge in [-0.1, -0.05) is 0 Å². The predicted octanol–water partition coefficient (Wildman–Crippen LogP) is 2.72. The van der Waals surface area contributed by atoms with Crippen LogP contribution in [0.2, 0.25) is 0 Å². The van der Waals surface area contributed by atoms with E-state index in [9.17, 15) is 4.79 Å². The van der Waals surface area contributed by atoms with E-state index in [1.807, 2.05) is 25.1 Å². The van der Waals surface area contributed by atoms with Gasteiger partial charge >= 0.3 is 0 Å². The highest BCUT2D eigenvalue weighted by Crippen LogP contribution is 2.21. The Morgan fingerprint density at radius 2 is 2.27 bits per heavy atom. The molecule has 0 atom stereocenters. The SMILES string of the molecule is CCOc1ccc(S)c(CC(=O)CCl)c1. The molecule has 0 fully saturated rings. The predicted molar refractivity (Wildman–Crippen MR) is 64.3 cm³/mol. The van der Waals surface area contributed by atoms with Crippen LogP contribution in [-0.4, -0.2) is 18.3 Å². The molecule has 0 amide bonds. The van der Waals surface area contributed by atoms with Crippen molar-refractivity contribution >= 4 is 30.0 Å². The normalized spacial score (nSPS) is 10.1. The highest BCUT2D eigenvalue weighted by Gasteiger charge is 2.06. The van der Waals surface area contributed by atoms with Crippen LogP contribution in [0.15, 0.2) is 23.1 Å². The van der Waals surface area contributed by atoms with Gasteiger partial charge in [-0.05, 0) is 30.7 Å². The molecule has 4 heteroatoms. The van der Waals surface area contributed by atoms with Gasteiger partial charge in [0.2, 0.25) is 0 Å². The topological polar surface area (TPSA) is 26.3 Å². The Labute approximate surface area is 100.0 Å². The van der Waals surface area contributed by atoms with Crippen molar-refractivity contribution in [1.82, 2.24) is 0 Å². The molecular formula is C11H13ClO2S. The quantitative estimate of drug-likeness (QED) is 0.637. The minimum absolute atomic E-state index is 0.0133. The van der Waals surface area contributed by atoms with Crippen LogP contribution in [0.1, 0.15) is 12.5 Å². The number of alkyl halides is 1. The Kier molecular flexibility index (Phi) is 4.99. The lowest BCUT2D eigenvalue weighted by atomic mass is 10.1. The summed E-state index contributed by atoms with van der Waals surface area (Å²) in [5.74, 6) is 0.778. The molecule has 0 spiro atoms. The van der Waals surface area contributed by atoms with Gasteiger partial charge in [-0.2, -0.15) is 0 Å². The first-order valence-electron chi connectivity index (χ1n) is 4.69. The van der Waals surface area contributed by atoms with Crippen LogP contribution in [0.5, 0.6) is 5.75 Å². The van der Waals surface area contributed by atoms with Crippen LogP contribution >= 0.6 is 24.2 Å². The maximum atomic E-state index is 11.2. The lowest BCUT2D eigenvalue weighted by molar-refractivity contribution is -0.116. The summed E-state index contributed by atoms with van der Waals surface area (Å²) in [6.07, 6.45) is 0.309. The Morgan fingerprint density at radius 1 is 1.53 bits per heavy atom. The molecule has 15 heavy (non-hydrogen) atoms. The third kappa shape index (κ3) is 3.76. The average molecular weight is 245 g/mol. The van der Waals surface area contributed by atoms with E-state index in [-0.39, 0.29) is 11.7 Å². The maximum absolute atomic E-state index is 11.2. The van der Waals surface area contributed by atoms with E-state index in [4.69, 9.17) is 16.3 Å². The summed E-state index contributed by atoms with van der Waals surface area (Å²) >= 11 is 9.73. The first-order valence-corrected chi connectivity index (χ1v) is 5.68. The molecule has 0 aliphatic rings. The number of benzene rings is 1. The van der Waals surface area contributed by atoms with Gasteiger partial charge in [-0.15, -0.1) is 24.2 Å².